The summed E-state index contributed by atoms with van der Waals surface area (Å²) in [6.45, 7) is 2.14. The minimum absolute atomic E-state index is 0.291. The molecule has 3 aliphatic carbocycles. The van der Waals surface area contributed by atoms with E-state index in [1.807, 2.05) is 0 Å². The predicted molar refractivity (Wildman–Crippen MR) is 162 cm³/mol. The first kappa shape index (κ1) is 24.2. The molecule has 0 aliphatic heterocycles. The number of nitrogens with zero attached hydrogens (tertiary/aromatic N) is 1. The van der Waals surface area contributed by atoms with Gasteiger partial charge in [-0.2, -0.15) is 0 Å². The molecule has 0 bridgehead atoms. The standard InChI is InChI=1S/C37H35N/c1-28-15-17-30(18-16-28)31-19-21-33(22-20-31)34-11-8-14-37(27-34)38(35-12-6-3-7-13-35)36-25-23-32(24-26-36)29-9-4-2-5-10-29/h2-4,6-9,12-25,27,34,36H,5,10-11,26H2,1H3. The normalized spacial score (nSPS) is 20.5. The monoisotopic (exact) mass is 493 g/mol. The number of rotatable bonds is 6. The first-order valence-corrected chi connectivity index (χ1v) is 13.9. The molecule has 6 rings (SSSR count). The Morgan fingerprint density at radius 1 is 0.763 bits per heavy atom. The maximum Gasteiger partial charge on any atom is 0.0560 e. The van der Waals surface area contributed by atoms with Gasteiger partial charge < -0.3 is 4.90 Å². The number of aryl methyl sites for hydroxylation is 1. The Bertz CT molecular complexity index is 1440. The van der Waals surface area contributed by atoms with Gasteiger partial charge in [0.1, 0.15) is 0 Å². The van der Waals surface area contributed by atoms with Gasteiger partial charge >= 0.3 is 0 Å². The number of hydrogen-bond acceptors (Lipinski definition) is 1. The van der Waals surface area contributed by atoms with E-state index < -0.39 is 0 Å². The highest BCUT2D eigenvalue weighted by Crippen LogP contribution is 2.35. The van der Waals surface area contributed by atoms with Gasteiger partial charge in [-0.3, -0.25) is 0 Å². The lowest BCUT2D eigenvalue weighted by Gasteiger charge is -2.36. The van der Waals surface area contributed by atoms with E-state index in [4.69, 9.17) is 0 Å². The van der Waals surface area contributed by atoms with E-state index in [2.05, 4.69) is 145 Å². The maximum atomic E-state index is 2.52. The SMILES string of the molecule is Cc1ccc(-c2ccc(C3C=C(N(c4ccccc4)C4C=CC(C5=CC=CCC5)=CC4)C=CC3)cc2)cc1. The summed E-state index contributed by atoms with van der Waals surface area (Å²) in [5.41, 5.74) is 10.6. The Balaban J connectivity index is 1.26. The molecule has 0 aromatic heterocycles. The Labute approximate surface area is 227 Å². The van der Waals surface area contributed by atoms with E-state index in [1.165, 1.54) is 44.8 Å². The third-order valence-corrected chi connectivity index (χ3v) is 7.88. The number of hydrogen-bond donors (Lipinski definition) is 0. The van der Waals surface area contributed by atoms with Gasteiger partial charge in [-0.05, 0) is 78.7 Å². The summed E-state index contributed by atoms with van der Waals surface area (Å²) in [7, 11) is 0. The van der Waals surface area contributed by atoms with Crippen LogP contribution in [0.2, 0.25) is 0 Å². The van der Waals surface area contributed by atoms with Crippen LogP contribution in [0.1, 0.15) is 42.7 Å². The molecular weight excluding hydrogens is 458 g/mol. The Kier molecular flexibility index (Phi) is 7.09. The van der Waals surface area contributed by atoms with Gasteiger partial charge in [-0.25, -0.2) is 0 Å². The minimum Gasteiger partial charge on any atom is -0.334 e. The van der Waals surface area contributed by atoms with Crippen molar-refractivity contribution in [2.24, 2.45) is 0 Å². The fourth-order valence-corrected chi connectivity index (χ4v) is 5.73. The fourth-order valence-electron chi connectivity index (χ4n) is 5.73. The number of anilines is 1. The average molecular weight is 494 g/mol. The van der Waals surface area contributed by atoms with E-state index >= 15 is 0 Å². The van der Waals surface area contributed by atoms with Gasteiger partial charge in [0, 0.05) is 17.3 Å². The van der Waals surface area contributed by atoms with Gasteiger partial charge in [-0.1, -0.05) is 121 Å². The Morgan fingerprint density at radius 3 is 2.21 bits per heavy atom. The van der Waals surface area contributed by atoms with Crippen LogP contribution in [-0.2, 0) is 0 Å². The molecule has 0 saturated heterocycles. The molecular formula is C37H35N. The maximum absolute atomic E-state index is 2.52. The van der Waals surface area contributed by atoms with Crippen LogP contribution in [0.25, 0.3) is 11.1 Å². The van der Waals surface area contributed by atoms with Crippen LogP contribution in [0.5, 0.6) is 0 Å². The largest absolute Gasteiger partial charge is 0.334 e. The molecule has 0 radical (unpaired) electrons. The van der Waals surface area contributed by atoms with Crippen LogP contribution in [0.3, 0.4) is 0 Å². The number of allylic oxidation sites excluding steroid dienone is 9. The van der Waals surface area contributed by atoms with Crippen LogP contribution < -0.4 is 4.90 Å². The zero-order chi connectivity index (χ0) is 25.7. The molecule has 0 N–H and O–H groups in total. The van der Waals surface area contributed by atoms with Crippen molar-refractivity contribution in [1.29, 1.82) is 0 Å². The molecule has 3 aromatic carbocycles. The zero-order valence-corrected chi connectivity index (χ0v) is 22.1. The van der Waals surface area contributed by atoms with E-state index in [0.717, 1.165) is 25.7 Å². The van der Waals surface area contributed by atoms with E-state index in [0.29, 0.717) is 12.0 Å². The lowest BCUT2D eigenvalue weighted by atomic mass is 9.88. The molecule has 1 nitrogen and oxygen atoms in total. The van der Waals surface area contributed by atoms with Crippen molar-refractivity contribution in [3.8, 4) is 11.1 Å². The summed E-state index contributed by atoms with van der Waals surface area (Å²) in [6.07, 6.45) is 25.3. The molecule has 2 unspecified atom stereocenters. The molecule has 1 heteroatoms. The van der Waals surface area contributed by atoms with Crippen molar-refractivity contribution in [1.82, 2.24) is 0 Å². The van der Waals surface area contributed by atoms with Crippen molar-refractivity contribution >= 4 is 5.69 Å². The molecule has 188 valence electrons. The highest BCUT2D eigenvalue weighted by molar-refractivity contribution is 5.64. The van der Waals surface area contributed by atoms with Crippen molar-refractivity contribution in [3.63, 3.8) is 0 Å². The lowest BCUT2D eigenvalue weighted by Crippen LogP contribution is -2.34. The van der Waals surface area contributed by atoms with E-state index in [1.54, 1.807) is 0 Å². The average Bonchev–Trinajstić information content (AvgIpc) is 2.99. The molecule has 3 aromatic rings. The highest BCUT2D eigenvalue weighted by Gasteiger charge is 2.24. The molecule has 0 saturated carbocycles. The van der Waals surface area contributed by atoms with Gasteiger partial charge in [0.25, 0.3) is 0 Å². The van der Waals surface area contributed by atoms with Crippen LogP contribution in [0.4, 0.5) is 5.69 Å². The third kappa shape index (κ3) is 5.29. The highest BCUT2D eigenvalue weighted by atomic mass is 15.2. The van der Waals surface area contributed by atoms with Crippen LogP contribution in [0.15, 0.2) is 150 Å². The van der Waals surface area contributed by atoms with Gasteiger partial charge in [0.2, 0.25) is 0 Å². The van der Waals surface area contributed by atoms with Crippen molar-refractivity contribution < 1.29 is 0 Å². The topological polar surface area (TPSA) is 3.24 Å². The van der Waals surface area contributed by atoms with Gasteiger partial charge in [-0.15, -0.1) is 0 Å². The second-order valence-electron chi connectivity index (χ2n) is 10.5. The lowest BCUT2D eigenvalue weighted by molar-refractivity contribution is 0.738. The van der Waals surface area contributed by atoms with E-state index in [9.17, 15) is 0 Å². The molecule has 0 amide bonds. The van der Waals surface area contributed by atoms with Crippen LogP contribution in [-0.4, -0.2) is 6.04 Å². The van der Waals surface area contributed by atoms with Crippen molar-refractivity contribution in [2.45, 2.75) is 44.6 Å². The number of para-hydroxylation sites is 1. The summed E-state index contributed by atoms with van der Waals surface area (Å²) in [5.74, 6) is 0.367. The van der Waals surface area contributed by atoms with Crippen molar-refractivity contribution in [3.05, 3.63) is 162 Å². The molecule has 0 fully saturated rings. The van der Waals surface area contributed by atoms with Gasteiger partial charge in [0.05, 0.1) is 6.04 Å². The molecule has 2 atom stereocenters. The summed E-state index contributed by atoms with van der Waals surface area (Å²) in [6, 6.07) is 29.1. The molecule has 38 heavy (non-hydrogen) atoms. The Morgan fingerprint density at radius 2 is 1.53 bits per heavy atom. The fraction of sp³-hybridized carbons (Fsp3) is 0.189. The minimum atomic E-state index is 0.291. The number of benzene rings is 3. The summed E-state index contributed by atoms with van der Waals surface area (Å²) in [4.78, 5) is 2.52. The van der Waals surface area contributed by atoms with Crippen LogP contribution >= 0.6 is 0 Å². The third-order valence-electron chi connectivity index (χ3n) is 7.88. The Hall–Kier alpha value is -4.10. The summed E-state index contributed by atoms with van der Waals surface area (Å²) >= 11 is 0. The van der Waals surface area contributed by atoms with Gasteiger partial charge in [0.15, 0.2) is 0 Å². The van der Waals surface area contributed by atoms with Crippen LogP contribution in [0, 0.1) is 6.92 Å². The second kappa shape index (κ2) is 11.1. The second-order valence-corrected chi connectivity index (χ2v) is 10.5. The zero-order valence-electron chi connectivity index (χ0n) is 22.1. The predicted octanol–water partition coefficient (Wildman–Crippen LogP) is 9.63. The molecule has 3 aliphatic rings. The first-order valence-electron chi connectivity index (χ1n) is 13.9. The smallest absolute Gasteiger partial charge is 0.0560 e. The summed E-state index contributed by atoms with van der Waals surface area (Å²) < 4.78 is 0. The molecule has 0 heterocycles. The van der Waals surface area contributed by atoms with E-state index in [-0.39, 0.29) is 0 Å². The first-order chi connectivity index (χ1) is 18.7. The quantitative estimate of drug-likeness (QED) is 0.330. The molecule has 0 spiro atoms. The summed E-state index contributed by atoms with van der Waals surface area (Å²) in [5, 5.41) is 0. The van der Waals surface area contributed by atoms with Crippen molar-refractivity contribution in [2.75, 3.05) is 4.90 Å².